The number of fused-ring (bicyclic) bond motifs is 1. The third-order valence-electron chi connectivity index (χ3n) is 4.63. The van der Waals surface area contributed by atoms with Gasteiger partial charge in [-0.1, -0.05) is 13.8 Å². The quantitative estimate of drug-likeness (QED) is 0.711. The van der Waals surface area contributed by atoms with Crippen molar-refractivity contribution in [3.8, 4) is 11.4 Å². The molecule has 0 amide bonds. The van der Waals surface area contributed by atoms with Gasteiger partial charge < -0.3 is 5.73 Å². The molecule has 0 unspecified atom stereocenters. The standard InChI is InChI=1S/C20H23N5S/c1-13(2)20-23-17(12-26-20)11-25-8-7-18-15(10-25)9-22-19(24-18)14-3-5-16(21)6-4-14/h3-6,9,12-13H,7-8,10-11,21H2,1-2H3. The number of benzene rings is 1. The summed E-state index contributed by atoms with van der Waals surface area (Å²) in [6.45, 7) is 7.15. The van der Waals surface area contributed by atoms with Crippen LogP contribution in [0.5, 0.6) is 0 Å². The fraction of sp³-hybridized carbons (Fsp3) is 0.350. The Morgan fingerprint density at radius 1 is 1.19 bits per heavy atom. The van der Waals surface area contributed by atoms with Gasteiger partial charge in [0.05, 0.1) is 16.4 Å². The van der Waals surface area contributed by atoms with Gasteiger partial charge in [-0.2, -0.15) is 0 Å². The summed E-state index contributed by atoms with van der Waals surface area (Å²) in [5.41, 5.74) is 11.1. The van der Waals surface area contributed by atoms with Crippen molar-refractivity contribution in [2.75, 3.05) is 12.3 Å². The minimum absolute atomic E-state index is 0.496. The number of rotatable bonds is 4. The highest BCUT2D eigenvalue weighted by Crippen LogP contribution is 2.24. The number of hydrogen-bond donors (Lipinski definition) is 1. The van der Waals surface area contributed by atoms with Crippen molar-refractivity contribution in [1.29, 1.82) is 0 Å². The molecule has 6 heteroatoms. The lowest BCUT2D eigenvalue weighted by Crippen LogP contribution is -2.31. The van der Waals surface area contributed by atoms with Crippen LogP contribution in [0.25, 0.3) is 11.4 Å². The number of aromatic nitrogens is 3. The minimum atomic E-state index is 0.496. The number of anilines is 1. The van der Waals surface area contributed by atoms with Gasteiger partial charge in [-0.25, -0.2) is 15.0 Å². The SMILES string of the molecule is CC(C)c1nc(CN2CCc3nc(-c4ccc(N)cc4)ncc3C2)cs1. The van der Waals surface area contributed by atoms with Gasteiger partial charge in [0.25, 0.3) is 0 Å². The highest BCUT2D eigenvalue weighted by atomic mass is 32.1. The number of nitrogen functional groups attached to an aromatic ring is 1. The van der Waals surface area contributed by atoms with Crippen molar-refractivity contribution < 1.29 is 0 Å². The number of thiazole rings is 1. The largest absolute Gasteiger partial charge is 0.399 e. The number of nitrogens with zero attached hydrogens (tertiary/aromatic N) is 4. The van der Waals surface area contributed by atoms with Gasteiger partial charge in [0.15, 0.2) is 5.82 Å². The number of hydrogen-bond acceptors (Lipinski definition) is 6. The van der Waals surface area contributed by atoms with Crippen LogP contribution in [0, 0.1) is 0 Å². The third kappa shape index (κ3) is 3.61. The van der Waals surface area contributed by atoms with E-state index in [1.165, 1.54) is 16.3 Å². The van der Waals surface area contributed by atoms with Gasteiger partial charge in [0.2, 0.25) is 0 Å². The van der Waals surface area contributed by atoms with Gasteiger partial charge in [0, 0.05) is 60.4 Å². The summed E-state index contributed by atoms with van der Waals surface area (Å²) >= 11 is 1.76. The highest BCUT2D eigenvalue weighted by molar-refractivity contribution is 7.09. The molecule has 0 bridgehead atoms. The van der Waals surface area contributed by atoms with Crippen molar-refractivity contribution in [2.24, 2.45) is 0 Å². The molecule has 0 radical (unpaired) electrons. The first-order valence-corrected chi connectivity index (χ1v) is 9.84. The molecule has 0 aliphatic carbocycles. The molecule has 1 aromatic carbocycles. The first kappa shape index (κ1) is 17.1. The Balaban J connectivity index is 1.48. The Labute approximate surface area is 157 Å². The van der Waals surface area contributed by atoms with Crippen LogP contribution < -0.4 is 5.73 Å². The van der Waals surface area contributed by atoms with Gasteiger partial charge in [0.1, 0.15) is 0 Å². The maximum absolute atomic E-state index is 5.76. The van der Waals surface area contributed by atoms with Crippen molar-refractivity contribution in [3.63, 3.8) is 0 Å². The zero-order valence-corrected chi connectivity index (χ0v) is 16.0. The second kappa shape index (κ2) is 7.13. The summed E-state index contributed by atoms with van der Waals surface area (Å²) in [5.74, 6) is 1.27. The van der Waals surface area contributed by atoms with E-state index in [4.69, 9.17) is 15.7 Å². The predicted octanol–water partition coefficient (Wildman–Crippen LogP) is 3.86. The Morgan fingerprint density at radius 2 is 2.00 bits per heavy atom. The topological polar surface area (TPSA) is 67.9 Å². The Morgan fingerprint density at radius 3 is 2.73 bits per heavy atom. The van der Waals surface area contributed by atoms with Crippen LogP contribution in [0.3, 0.4) is 0 Å². The maximum Gasteiger partial charge on any atom is 0.159 e. The molecule has 0 fully saturated rings. The summed E-state index contributed by atoms with van der Waals surface area (Å²) in [6.07, 6.45) is 2.92. The van der Waals surface area contributed by atoms with Crippen LogP contribution in [-0.2, 0) is 19.5 Å². The second-order valence-corrected chi connectivity index (χ2v) is 7.97. The average molecular weight is 366 g/mol. The first-order chi connectivity index (χ1) is 12.6. The van der Waals surface area contributed by atoms with Gasteiger partial charge >= 0.3 is 0 Å². The molecule has 2 aromatic heterocycles. The van der Waals surface area contributed by atoms with E-state index in [2.05, 4.69) is 29.1 Å². The Bertz CT molecular complexity index is 901. The summed E-state index contributed by atoms with van der Waals surface area (Å²) in [7, 11) is 0. The fourth-order valence-corrected chi connectivity index (χ4v) is 4.00. The van der Waals surface area contributed by atoms with Gasteiger partial charge in [-0.3, -0.25) is 4.90 Å². The van der Waals surface area contributed by atoms with E-state index in [0.717, 1.165) is 48.8 Å². The molecule has 0 spiro atoms. The minimum Gasteiger partial charge on any atom is -0.399 e. The lowest BCUT2D eigenvalue weighted by Gasteiger charge is -2.27. The van der Waals surface area contributed by atoms with Crippen molar-refractivity contribution >= 4 is 17.0 Å². The normalized spacial score (nSPS) is 14.6. The Hall–Kier alpha value is -2.31. The average Bonchev–Trinajstić information content (AvgIpc) is 3.11. The smallest absolute Gasteiger partial charge is 0.159 e. The van der Waals surface area contributed by atoms with Crippen LogP contribution in [0.4, 0.5) is 5.69 Å². The molecule has 5 nitrogen and oxygen atoms in total. The van der Waals surface area contributed by atoms with E-state index in [-0.39, 0.29) is 0 Å². The van der Waals surface area contributed by atoms with E-state index in [9.17, 15) is 0 Å². The lowest BCUT2D eigenvalue weighted by atomic mass is 10.1. The molecule has 26 heavy (non-hydrogen) atoms. The molecule has 0 saturated heterocycles. The Kier molecular flexibility index (Phi) is 4.70. The van der Waals surface area contributed by atoms with Crippen LogP contribution in [0.2, 0.25) is 0 Å². The van der Waals surface area contributed by atoms with E-state index >= 15 is 0 Å². The van der Waals surface area contributed by atoms with E-state index in [1.54, 1.807) is 11.3 Å². The molecule has 0 saturated carbocycles. The summed E-state index contributed by atoms with van der Waals surface area (Å²) in [6, 6.07) is 7.72. The zero-order chi connectivity index (χ0) is 18.1. The van der Waals surface area contributed by atoms with E-state index < -0.39 is 0 Å². The van der Waals surface area contributed by atoms with Gasteiger partial charge in [-0.05, 0) is 24.3 Å². The van der Waals surface area contributed by atoms with Crippen molar-refractivity contribution in [1.82, 2.24) is 19.9 Å². The zero-order valence-electron chi connectivity index (χ0n) is 15.1. The van der Waals surface area contributed by atoms with Crippen LogP contribution >= 0.6 is 11.3 Å². The fourth-order valence-electron chi connectivity index (χ4n) is 3.17. The van der Waals surface area contributed by atoms with Crippen molar-refractivity contribution in [3.05, 3.63) is 57.8 Å². The lowest BCUT2D eigenvalue weighted by molar-refractivity contribution is 0.240. The van der Waals surface area contributed by atoms with Crippen LogP contribution in [0.15, 0.2) is 35.8 Å². The maximum atomic E-state index is 5.76. The highest BCUT2D eigenvalue weighted by Gasteiger charge is 2.20. The number of nitrogens with two attached hydrogens (primary N) is 1. The summed E-state index contributed by atoms with van der Waals surface area (Å²) in [5, 5.41) is 3.40. The second-order valence-electron chi connectivity index (χ2n) is 7.08. The molecule has 134 valence electrons. The molecule has 3 heterocycles. The molecule has 4 rings (SSSR count). The third-order valence-corrected chi connectivity index (χ3v) is 5.82. The van der Waals surface area contributed by atoms with Crippen LogP contribution in [0.1, 0.15) is 41.7 Å². The molecular formula is C20H23N5S. The summed E-state index contributed by atoms with van der Waals surface area (Å²) < 4.78 is 0. The molecule has 1 aliphatic heterocycles. The first-order valence-electron chi connectivity index (χ1n) is 8.96. The predicted molar refractivity (Wildman–Crippen MR) is 106 cm³/mol. The van der Waals surface area contributed by atoms with Gasteiger partial charge in [-0.15, -0.1) is 11.3 Å². The monoisotopic (exact) mass is 365 g/mol. The van der Waals surface area contributed by atoms with E-state index in [1.807, 2.05) is 30.5 Å². The molecular weight excluding hydrogens is 342 g/mol. The molecule has 0 atom stereocenters. The van der Waals surface area contributed by atoms with E-state index in [0.29, 0.717) is 5.92 Å². The molecule has 3 aromatic rings. The van der Waals surface area contributed by atoms with Crippen molar-refractivity contribution in [2.45, 2.75) is 39.3 Å². The summed E-state index contributed by atoms with van der Waals surface area (Å²) in [4.78, 5) is 16.5. The van der Waals surface area contributed by atoms with Crippen LogP contribution in [-0.4, -0.2) is 26.4 Å². The molecule has 2 N–H and O–H groups in total. The molecule has 1 aliphatic rings.